The highest BCUT2D eigenvalue weighted by Gasteiger charge is 2.07. The van der Waals surface area contributed by atoms with Crippen molar-refractivity contribution in [3.8, 4) is 0 Å². The van der Waals surface area contributed by atoms with Gasteiger partial charge in [0.2, 0.25) is 0 Å². The third-order valence-corrected chi connectivity index (χ3v) is 2.67. The minimum atomic E-state index is -1.10. The van der Waals surface area contributed by atoms with Crippen molar-refractivity contribution < 1.29 is 14.7 Å². The highest BCUT2D eigenvalue weighted by molar-refractivity contribution is 8.13. The molecular formula is C9H7Cl2NO3S. The van der Waals surface area contributed by atoms with Crippen LogP contribution in [0.25, 0.3) is 0 Å². The molecule has 0 fully saturated rings. The number of carboxylic acids is 1. The maximum absolute atomic E-state index is 11.2. The lowest BCUT2D eigenvalue weighted by Crippen LogP contribution is -2.25. The van der Waals surface area contributed by atoms with Crippen LogP contribution >= 0.6 is 35.0 Å². The summed E-state index contributed by atoms with van der Waals surface area (Å²) in [5.74, 6) is -1.10. The number of carbonyl (C=O) groups is 2. The Morgan fingerprint density at radius 3 is 2.31 bits per heavy atom. The largest absolute Gasteiger partial charge is 0.480 e. The normalized spacial score (nSPS) is 9.88. The Morgan fingerprint density at radius 2 is 1.81 bits per heavy atom. The van der Waals surface area contributed by atoms with E-state index in [0.717, 1.165) is 11.8 Å². The molecule has 86 valence electrons. The zero-order valence-corrected chi connectivity index (χ0v) is 10.2. The van der Waals surface area contributed by atoms with Crippen molar-refractivity contribution in [2.45, 2.75) is 4.90 Å². The Kier molecular flexibility index (Phi) is 4.92. The van der Waals surface area contributed by atoms with Crippen molar-refractivity contribution in [1.29, 1.82) is 0 Å². The number of thioether (sulfide) groups is 1. The van der Waals surface area contributed by atoms with E-state index >= 15 is 0 Å². The molecular weight excluding hydrogens is 273 g/mol. The second-order valence-corrected chi connectivity index (χ2v) is 4.66. The first kappa shape index (κ1) is 13.2. The molecule has 0 atom stereocenters. The predicted octanol–water partition coefficient (Wildman–Crippen LogP) is 2.88. The van der Waals surface area contributed by atoms with Gasteiger partial charge in [0.15, 0.2) is 0 Å². The van der Waals surface area contributed by atoms with Crippen LogP contribution in [-0.2, 0) is 4.79 Å². The number of halogens is 2. The molecule has 0 unspecified atom stereocenters. The van der Waals surface area contributed by atoms with Crippen LogP contribution < -0.4 is 5.32 Å². The molecule has 4 nitrogen and oxygen atoms in total. The summed E-state index contributed by atoms with van der Waals surface area (Å²) >= 11 is 12.3. The van der Waals surface area contributed by atoms with E-state index in [0.29, 0.717) is 14.9 Å². The lowest BCUT2D eigenvalue weighted by atomic mass is 10.4. The molecule has 0 aliphatic rings. The predicted molar refractivity (Wildman–Crippen MR) is 63.4 cm³/mol. The number of hydrogen-bond acceptors (Lipinski definition) is 3. The molecule has 0 spiro atoms. The molecule has 0 aromatic heterocycles. The van der Waals surface area contributed by atoms with Crippen LogP contribution in [0.3, 0.4) is 0 Å². The van der Waals surface area contributed by atoms with Gasteiger partial charge in [-0.05, 0) is 30.0 Å². The summed E-state index contributed by atoms with van der Waals surface area (Å²) in [6.07, 6.45) is 0. The summed E-state index contributed by atoms with van der Waals surface area (Å²) in [5, 5.41) is 10.9. The van der Waals surface area contributed by atoms with E-state index < -0.39 is 17.8 Å². The fraction of sp³-hybridized carbons (Fsp3) is 0.111. The summed E-state index contributed by atoms with van der Waals surface area (Å²) in [4.78, 5) is 22.0. The molecule has 7 heteroatoms. The molecule has 1 amide bonds. The van der Waals surface area contributed by atoms with Crippen molar-refractivity contribution in [3.63, 3.8) is 0 Å². The van der Waals surface area contributed by atoms with Gasteiger partial charge in [0, 0.05) is 14.9 Å². The summed E-state index contributed by atoms with van der Waals surface area (Å²) < 4.78 is 0. The number of rotatable bonds is 3. The van der Waals surface area contributed by atoms with Gasteiger partial charge in [-0.2, -0.15) is 0 Å². The van der Waals surface area contributed by atoms with Gasteiger partial charge >= 0.3 is 5.97 Å². The molecule has 1 aromatic carbocycles. The molecule has 0 heterocycles. The van der Waals surface area contributed by atoms with Gasteiger partial charge < -0.3 is 10.4 Å². The number of amides is 1. The first-order chi connectivity index (χ1) is 7.47. The van der Waals surface area contributed by atoms with Gasteiger partial charge in [0.25, 0.3) is 5.24 Å². The monoisotopic (exact) mass is 279 g/mol. The van der Waals surface area contributed by atoms with Crippen LogP contribution in [0.5, 0.6) is 0 Å². The molecule has 2 N–H and O–H groups in total. The lowest BCUT2D eigenvalue weighted by molar-refractivity contribution is -0.135. The quantitative estimate of drug-likeness (QED) is 0.835. The minimum absolute atomic E-state index is 0.417. The SMILES string of the molecule is O=C(O)CNC(=O)Sc1cc(Cl)cc(Cl)c1. The number of nitrogens with one attached hydrogen (secondary N) is 1. The summed E-state index contributed by atoms with van der Waals surface area (Å²) in [6, 6.07) is 4.68. The third kappa shape index (κ3) is 4.74. The van der Waals surface area contributed by atoms with Crippen LogP contribution in [0.4, 0.5) is 4.79 Å². The van der Waals surface area contributed by atoms with Crippen LogP contribution in [-0.4, -0.2) is 22.9 Å². The van der Waals surface area contributed by atoms with Gasteiger partial charge in [0.05, 0.1) is 0 Å². The Balaban J connectivity index is 2.59. The van der Waals surface area contributed by atoms with Crippen LogP contribution in [0.1, 0.15) is 0 Å². The molecule has 0 radical (unpaired) electrons. The van der Waals surface area contributed by atoms with Crippen LogP contribution in [0.2, 0.25) is 10.0 Å². The fourth-order valence-corrected chi connectivity index (χ4v) is 2.26. The second kappa shape index (κ2) is 5.98. The number of aliphatic carboxylic acids is 1. The smallest absolute Gasteiger partial charge is 0.323 e. The zero-order chi connectivity index (χ0) is 12.1. The van der Waals surface area contributed by atoms with Gasteiger partial charge in [-0.15, -0.1) is 0 Å². The topological polar surface area (TPSA) is 66.4 Å². The van der Waals surface area contributed by atoms with E-state index in [1.54, 1.807) is 18.2 Å². The summed E-state index contributed by atoms with van der Waals surface area (Å²) in [7, 11) is 0. The van der Waals surface area contributed by atoms with E-state index in [1.807, 2.05) is 0 Å². The van der Waals surface area contributed by atoms with E-state index in [-0.39, 0.29) is 0 Å². The van der Waals surface area contributed by atoms with E-state index in [9.17, 15) is 9.59 Å². The highest BCUT2D eigenvalue weighted by Crippen LogP contribution is 2.26. The summed E-state index contributed by atoms with van der Waals surface area (Å²) in [6.45, 7) is -0.417. The second-order valence-electron chi connectivity index (χ2n) is 2.74. The van der Waals surface area contributed by atoms with Crippen molar-refractivity contribution in [3.05, 3.63) is 28.2 Å². The summed E-state index contributed by atoms with van der Waals surface area (Å²) in [5.41, 5.74) is 0. The van der Waals surface area contributed by atoms with Gasteiger partial charge in [0.1, 0.15) is 6.54 Å². The molecule has 16 heavy (non-hydrogen) atoms. The van der Waals surface area contributed by atoms with E-state index in [1.165, 1.54) is 0 Å². The molecule has 0 bridgehead atoms. The maximum atomic E-state index is 11.2. The molecule has 1 rings (SSSR count). The Labute approximate surface area is 106 Å². The van der Waals surface area contributed by atoms with Gasteiger partial charge in [-0.1, -0.05) is 23.2 Å². The number of carboxylic acid groups (broad SMARTS) is 1. The Morgan fingerprint density at radius 1 is 1.25 bits per heavy atom. The number of carbonyl (C=O) groups excluding carboxylic acids is 1. The van der Waals surface area contributed by atoms with E-state index in [4.69, 9.17) is 28.3 Å². The van der Waals surface area contributed by atoms with Crippen molar-refractivity contribution in [2.24, 2.45) is 0 Å². The van der Waals surface area contributed by atoms with Gasteiger partial charge in [-0.3, -0.25) is 9.59 Å². The zero-order valence-electron chi connectivity index (χ0n) is 7.87. The highest BCUT2D eigenvalue weighted by atomic mass is 35.5. The first-order valence-corrected chi connectivity index (χ1v) is 5.68. The average molecular weight is 280 g/mol. The molecule has 0 saturated heterocycles. The molecule has 1 aromatic rings. The fourth-order valence-electron chi connectivity index (χ4n) is 0.878. The van der Waals surface area contributed by atoms with Crippen molar-refractivity contribution in [1.82, 2.24) is 5.32 Å². The Bertz CT molecular complexity index is 405. The Hall–Kier alpha value is -0.910. The van der Waals surface area contributed by atoms with Crippen molar-refractivity contribution in [2.75, 3.05) is 6.54 Å². The van der Waals surface area contributed by atoms with Gasteiger partial charge in [-0.25, -0.2) is 0 Å². The molecule has 0 aliphatic carbocycles. The third-order valence-electron chi connectivity index (χ3n) is 1.43. The number of benzene rings is 1. The lowest BCUT2D eigenvalue weighted by Gasteiger charge is -2.03. The van der Waals surface area contributed by atoms with Crippen molar-refractivity contribution >= 4 is 46.2 Å². The molecule has 0 saturated carbocycles. The standard InChI is InChI=1S/C9H7Cl2NO3S/c10-5-1-6(11)3-7(2-5)16-9(15)12-4-8(13)14/h1-3H,4H2,(H,12,15)(H,13,14). The minimum Gasteiger partial charge on any atom is -0.480 e. The van der Waals surface area contributed by atoms with Crippen LogP contribution in [0, 0.1) is 0 Å². The van der Waals surface area contributed by atoms with Crippen LogP contribution in [0.15, 0.2) is 23.1 Å². The average Bonchev–Trinajstić information content (AvgIpc) is 2.12. The molecule has 0 aliphatic heterocycles. The van der Waals surface area contributed by atoms with E-state index in [2.05, 4.69) is 5.32 Å². The maximum Gasteiger partial charge on any atom is 0.323 e. The number of hydrogen-bond donors (Lipinski definition) is 2. The first-order valence-electron chi connectivity index (χ1n) is 4.11.